The normalized spacial score (nSPS) is 13.4. The summed E-state index contributed by atoms with van der Waals surface area (Å²) in [4.78, 5) is 3.86. The minimum Gasteiger partial charge on any atom is -0.429 e. The summed E-state index contributed by atoms with van der Waals surface area (Å²) in [7, 11) is 4.07. The molecule has 2 rings (SSSR count). The summed E-state index contributed by atoms with van der Waals surface area (Å²) >= 11 is 0. The molecule has 1 aromatic heterocycles. The predicted molar refractivity (Wildman–Crippen MR) is 91.1 cm³/mol. The van der Waals surface area contributed by atoms with Crippen LogP contribution in [0, 0.1) is 0 Å². The van der Waals surface area contributed by atoms with Crippen molar-refractivity contribution in [2.24, 2.45) is 0 Å². The lowest BCUT2D eigenvalue weighted by Gasteiger charge is -2.39. The highest BCUT2D eigenvalue weighted by Crippen LogP contribution is 2.34. The molecule has 1 aromatic carbocycles. The number of pyridine rings is 1. The van der Waals surface area contributed by atoms with Crippen molar-refractivity contribution in [1.82, 2.24) is 4.98 Å². The van der Waals surface area contributed by atoms with E-state index >= 15 is 0 Å². The summed E-state index contributed by atoms with van der Waals surface area (Å²) in [6.07, 6.45) is -3.11. The van der Waals surface area contributed by atoms with Crippen LogP contribution in [0.3, 0.4) is 0 Å². The van der Waals surface area contributed by atoms with Gasteiger partial charge in [-0.25, -0.2) is 0 Å². The van der Waals surface area contributed by atoms with Gasteiger partial charge in [0.25, 0.3) is 0 Å². The summed E-state index contributed by atoms with van der Waals surface area (Å²) in [5, 5.41) is 0.189. The Kier molecular flexibility index (Phi) is 4.80. The molecule has 23 heavy (non-hydrogen) atoms. The molecule has 7 heteroatoms. The Hall–Kier alpha value is -1.13. The number of nitrogens with zero attached hydrogens (tertiary/aromatic N) is 1. The van der Waals surface area contributed by atoms with Crippen LogP contribution in [0.4, 0.5) is 13.2 Å². The van der Waals surface area contributed by atoms with E-state index in [9.17, 15) is 13.2 Å². The van der Waals surface area contributed by atoms with E-state index in [2.05, 4.69) is 14.2 Å². The average molecular weight is 340 g/mol. The molecule has 1 radical (unpaired) electrons. The molecule has 123 valence electrons. The first kappa shape index (κ1) is 18.2. The minimum absolute atomic E-state index is 0.0530. The second-order valence-corrected chi connectivity index (χ2v) is 8.05. The van der Waals surface area contributed by atoms with Gasteiger partial charge in [0, 0.05) is 16.7 Å². The van der Waals surface area contributed by atoms with Crippen LogP contribution in [0.5, 0.6) is 0 Å². The zero-order valence-electron chi connectivity index (χ0n) is 13.5. The summed E-state index contributed by atoms with van der Waals surface area (Å²) in [6.45, 7) is 7.75. The molecule has 1 heterocycles. The van der Waals surface area contributed by atoms with Gasteiger partial charge in [0.2, 0.25) is 0 Å². The summed E-state index contributed by atoms with van der Waals surface area (Å²) in [6, 6.07) is 5.94. The SMILES string of the molecule is CC(C)(P)C(C)(C)O[B]c1cc(C(F)(F)F)c2ncccc2c1. The molecule has 0 aliphatic carbocycles. The fourth-order valence-electron chi connectivity index (χ4n) is 1.87. The van der Waals surface area contributed by atoms with Crippen molar-refractivity contribution in [3.8, 4) is 0 Å². The monoisotopic (exact) mass is 340 g/mol. The molecule has 0 fully saturated rings. The van der Waals surface area contributed by atoms with Crippen molar-refractivity contribution in [2.45, 2.75) is 44.6 Å². The van der Waals surface area contributed by atoms with Crippen molar-refractivity contribution in [3.05, 3.63) is 36.0 Å². The van der Waals surface area contributed by atoms with Gasteiger partial charge >= 0.3 is 13.7 Å². The van der Waals surface area contributed by atoms with E-state index in [4.69, 9.17) is 4.65 Å². The third-order valence-electron chi connectivity index (χ3n) is 4.07. The number of alkyl halides is 3. The summed E-state index contributed by atoms with van der Waals surface area (Å²) < 4.78 is 45.6. The fourth-order valence-corrected chi connectivity index (χ4v) is 1.93. The standard InChI is InChI=1S/C16H19BF3NOP/c1-14(2,15(3,4)23)22-17-11-8-10-6-5-7-21-13(10)12(9-11)16(18,19)20/h5-9H,23H2,1-4H3. The van der Waals surface area contributed by atoms with Crippen LogP contribution in [0.2, 0.25) is 0 Å². The van der Waals surface area contributed by atoms with E-state index in [-0.39, 0.29) is 10.7 Å². The van der Waals surface area contributed by atoms with E-state index in [0.717, 1.165) is 6.07 Å². The summed E-state index contributed by atoms with van der Waals surface area (Å²) in [5.41, 5.74) is -1.00. The molecule has 2 aromatic rings. The average Bonchev–Trinajstić information content (AvgIpc) is 2.42. The molecule has 0 saturated heterocycles. The van der Waals surface area contributed by atoms with Crippen LogP contribution in [0.1, 0.15) is 33.3 Å². The highest BCUT2D eigenvalue weighted by Gasteiger charge is 2.36. The Morgan fingerprint density at radius 3 is 2.35 bits per heavy atom. The maximum Gasteiger partial charge on any atom is 0.418 e. The molecule has 0 saturated carbocycles. The van der Waals surface area contributed by atoms with Crippen molar-refractivity contribution >= 4 is 33.1 Å². The maximum atomic E-state index is 13.3. The maximum absolute atomic E-state index is 13.3. The van der Waals surface area contributed by atoms with Crippen LogP contribution in [-0.2, 0) is 10.8 Å². The zero-order valence-corrected chi connectivity index (χ0v) is 14.7. The van der Waals surface area contributed by atoms with E-state index in [0.29, 0.717) is 10.8 Å². The Morgan fingerprint density at radius 1 is 1.13 bits per heavy atom. The molecule has 2 nitrogen and oxygen atoms in total. The van der Waals surface area contributed by atoms with Crippen LogP contribution in [-0.4, -0.2) is 23.2 Å². The number of hydrogen-bond acceptors (Lipinski definition) is 2. The van der Waals surface area contributed by atoms with Gasteiger partial charge in [-0.05, 0) is 19.9 Å². The molecule has 0 aliphatic rings. The highest BCUT2D eigenvalue weighted by molar-refractivity contribution is 7.19. The molecule has 1 atom stereocenters. The first-order chi connectivity index (χ1) is 10.4. The quantitative estimate of drug-likeness (QED) is 0.621. The fraction of sp³-hybridized carbons (Fsp3) is 0.438. The van der Waals surface area contributed by atoms with Crippen molar-refractivity contribution < 1.29 is 17.8 Å². The lowest BCUT2D eigenvalue weighted by molar-refractivity contribution is -0.136. The lowest BCUT2D eigenvalue weighted by Crippen LogP contribution is -2.45. The van der Waals surface area contributed by atoms with Crippen molar-refractivity contribution in [1.29, 1.82) is 0 Å². The van der Waals surface area contributed by atoms with Gasteiger partial charge in [0.05, 0.1) is 16.7 Å². The van der Waals surface area contributed by atoms with E-state index < -0.39 is 17.3 Å². The van der Waals surface area contributed by atoms with Crippen molar-refractivity contribution in [3.63, 3.8) is 0 Å². The first-order valence-corrected chi connectivity index (χ1v) is 7.75. The van der Waals surface area contributed by atoms with Gasteiger partial charge in [0.15, 0.2) is 0 Å². The van der Waals surface area contributed by atoms with E-state index in [1.54, 1.807) is 18.2 Å². The zero-order chi connectivity index (χ0) is 17.5. The third-order valence-corrected chi connectivity index (χ3v) is 4.77. The van der Waals surface area contributed by atoms with Gasteiger partial charge in [-0.1, -0.05) is 37.5 Å². The molecule has 0 spiro atoms. The minimum atomic E-state index is -4.47. The number of fused-ring (bicyclic) bond motifs is 1. The van der Waals surface area contributed by atoms with Crippen LogP contribution >= 0.6 is 9.24 Å². The molecule has 0 N–H and O–H groups in total. The molecule has 0 amide bonds. The van der Waals surface area contributed by atoms with E-state index in [1.165, 1.54) is 13.7 Å². The topological polar surface area (TPSA) is 22.1 Å². The Bertz CT molecular complexity index is 711. The Morgan fingerprint density at radius 2 is 1.78 bits per heavy atom. The number of aromatic nitrogens is 1. The number of benzene rings is 1. The predicted octanol–water partition coefficient (Wildman–Crippen LogP) is 3.95. The molecular formula is C16H19BF3NOP. The van der Waals surface area contributed by atoms with Gasteiger partial charge in [0.1, 0.15) is 0 Å². The number of halogens is 3. The molecular weight excluding hydrogens is 321 g/mol. The van der Waals surface area contributed by atoms with Crippen molar-refractivity contribution in [2.75, 3.05) is 0 Å². The number of rotatable bonds is 4. The highest BCUT2D eigenvalue weighted by atomic mass is 31.0. The number of hydrogen-bond donors (Lipinski definition) is 0. The van der Waals surface area contributed by atoms with Crippen LogP contribution < -0.4 is 5.46 Å². The van der Waals surface area contributed by atoms with E-state index in [1.807, 2.05) is 27.7 Å². The van der Waals surface area contributed by atoms with Gasteiger partial charge in [-0.15, -0.1) is 9.24 Å². The molecule has 0 bridgehead atoms. The Balaban J connectivity index is 2.39. The van der Waals surface area contributed by atoms with Crippen LogP contribution in [0.15, 0.2) is 30.5 Å². The Labute approximate surface area is 137 Å². The smallest absolute Gasteiger partial charge is 0.418 e. The first-order valence-electron chi connectivity index (χ1n) is 7.18. The summed E-state index contributed by atoms with van der Waals surface area (Å²) in [5.74, 6) is 0. The second kappa shape index (κ2) is 6.06. The molecule has 1 unspecified atom stereocenters. The van der Waals surface area contributed by atoms with Gasteiger partial charge < -0.3 is 4.65 Å². The second-order valence-electron chi connectivity index (χ2n) is 6.61. The van der Waals surface area contributed by atoms with Crippen LogP contribution in [0.25, 0.3) is 10.9 Å². The van der Waals surface area contributed by atoms with Gasteiger partial charge in [-0.2, -0.15) is 13.2 Å². The lowest BCUT2D eigenvalue weighted by atomic mass is 9.82. The van der Waals surface area contributed by atoms with Gasteiger partial charge in [-0.3, -0.25) is 4.98 Å². The molecule has 0 aliphatic heterocycles. The third kappa shape index (κ3) is 4.05. The largest absolute Gasteiger partial charge is 0.429 e.